The first-order valence-electron chi connectivity index (χ1n) is 8.25. The van der Waals surface area contributed by atoms with Gasteiger partial charge in [0, 0.05) is 38.1 Å². The van der Waals surface area contributed by atoms with Crippen LogP contribution < -0.4 is 0 Å². The summed E-state index contributed by atoms with van der Waals surface area (Å²) >= 11 is 1.47. The molecule has 7 heteroatoms. The van der Waals surface area contributed by atoms with E-state index in [2.05, 4.69) is 14.9 Å². The summed E-state index contributed by atoms with van der Waals surface area (Å²) in [5.41, 5.74) is 0.564. The Morgan fingerprint density at radius 2 is 1.91 bits per heavy atom. The maximum atomic E-state index is 12.5. The lowest BCUT2D eigenvalue weighted by atomic mass is 9.98. The summed E-state index contributed by atoms with van der Waals surface area (Å²) in [4.78, 5) is 25.2. The van der Waals surface area contributed by atoms with E-state index in [1.54, 1.807) is 12.4 Å². The van der Waals surface area contributed by atoms with E-state index in [1.165, 1.54) is 11.8 Å². The van der Waals surface area contributed by atoms with E-state index in [-0.39, 0.29) is 12.0 Å². The first-order valence-corrected chi connectivity index (χ1v) is 9.47. The molecule has 0 radical (unpaired) electrons. The fourth-order valence-electron chi connectivity index (χ4n) is 3.46. The minimum Gasteiger partial charge on any atom is -0.392 e. The topological polar surface area (TPSA) is 69.6 Å². The van der Waals surface area contributed by atoms with E-state index < -0.39 is 0 Å². The number of β-amino-alcohol motifs (C(OH)–C–C–N with tert-alkyl or cyclic N) is 1. The first kappa shape index (κ1) is 16.7. The number of carbonyl (C=O) groups is 1. The van der Waals surface area contributed by atoms with Crippen molar-refractivity contribution in [1.82, 2.24) is 19.8 Å². The van der Waals surface area contributed by atoms with E-state index in [0.29, 0.717) is 16.8 Å². The van der Waals surface area contributed by atoms with Crippen molar-refractivity contribution in [3.63, 3.8) is 0 Å². The van der Waals surface area contributed by atoms with Gasteiger partial charge in [-0.3, -0.25) is 9.69 Å². The maximum absolute atomic E-state index is 12.5. The maximum Gasteiger partial charge on any atom is 0.256 e. The van der Waals surface area contributed by atoms with Gasteiger partial charge in [0.2, 0.25) is 0 Å². The number of carbonyl (C=O) groups excluding carboxylic acids is 1. The molecule has 0 aliphatic carbocycles. The molecule has 6 nitrogen and oxygen atoms in total. The third kappa shape index (κ3) is 4.02. The SMILES string of the molecule is CSc1ncc(C(=O)N2CCC(N3CCCC(O)C3)CC2)cn1. The average Bonchev–Trinajstić information content (AvgIpc) is 2.61. The number of thioether (sulfide) groups is 1. The summed E-state index contributed by atoms with van der Waals surface area (Å²) in [6.45, 7) is 3.38. The second-order valence-corrected chi connectivity index (χ2v) is 7.05. The summed E-state index contributed by atoms with van der Waals surface area (Å²) in [6.07, 6.45) is 8.90. The van der Waals surface area contributed by atoms with Crippen LogP contribution in [0.2, 0.25) is 0 Å². The van der Waals surface area contributed by atoms with Crippen LogP contribution in [0.4, 0.5) is 0 Å². The van der Waals surface area contributed by atoms with Crippen molar-refractivity contribution in [3.8, 4) is 0 Å². The minimum absolute atomic E-state index is 0.0229. The minimum atomic E-state index is -0.185. The van der Waals surface area contributed by atoms with Crippen LogP contribution in [-0.2, 0) is 0 Å². The molecular weight excluding hydrogens is 312 g/mol. The quantitative estimate of drug-likeness (QED) is 0.662. The summed E-state index contributed by atoms with van der Waals surface area (Å²) in [5, 5.41) is 10.5. The molecule has 0 saturated carbocycles. The molecule has 0 bridgehead atoms. The Kier molecular flexibility index (Phi) is 5.50. The van der Waals surface area contributed by atoms with Crippen LogP contribution in [-0.4, -0.2) is 75.4 Å². The third-order valence-electron chi connectivity index (χ3n) is 4.75. The lowest BCUT2D eigenvalue weighted by Gasteiger charge is -2.41. The summed E-state index contributed by atoms with van der Waals surface area (Å²) in [7, 11) is 0. The number of nitrogens with zero attached hydrogens (tertiary/aromatic N) is 4. The van der Waals surface area contributed by atoms with Gasteiger partial charge in [-0.15, -0.1) is 0 Å². The van der Waals surface area contributed by atoms with Gasteiger partial charge in [-0.1, -0.05) is 11.8 Å². The van der Waals surface area contributed by atoms with E-state index in [4.69, 9.17) is 0 Å². The second-order valence-electron chi connectivity index (χ2n) is 6.27. The Hall–Kier alpha value is -1.18. The molecule has 1 N–H and O–H groups in total. The van der Waals surface area contributed by atoms with Gasteiger partial charge < -0.3 is 10.0 Å². The number of hydrogen-bond acceptors (Lipinski definition) is 6. The molecule has 0 spiro atoms. The van der Waals surface area contributed by atoms with Gasteiger partial charge in [0.1, 0.15) is 0 Å². The van der Waals surface area contributed by atoms with Gasteiger partial charge >= 0.3 is 0 Å². The fraction of sp³-hybridized carbons (Fsp3) is 0.688. The molecule has 0 aromatic carbocycles. The van der Waals surface area contributed by atoms with Gasteiger partial charge in [-0.25, -0.2) is 9.97 Å². The highest BCUT2D eigenvalue weighted by Gasteiger charge is 2.30. The normalized spacial score (nSPS) is 23.9. The average molecular weight is 336 g/mol. The van der Waals surface area contributed by atoms with Crippen molar-refractivity contribution in [2.24, 2.45) is 0 Å². The number of likely N-dealkylation sites (tertiary alicyclic amines) is 2. The molecule has 1 aromatic heterocycles. The Morgan fingerprint density at radius 3 is 2.52 bits per heavy atom. The van der Waals surface area contributed by atoms with Crippen LogP contribution in [0.25, 0.3) is 0 Å². The molecule has 2 fully saturated rings. The Labute approximate surface area is 141 Å². The Bertz CT molecular complexity index is 531. The van der Waals surface area contributed by atoms with E-state index in [0.717, 1.165) is 51.9 Å². The molecule has 1 aromatic rings. The number of aliphatic hydroxyl groups is 1. The van der Waals surface area contributed by atoms with E-state index >= 15 is 0 Å². The molecule has 1 atom stereocenters. The fourth-order valence-corrected chi connectivity index (χ4v) is 3.78. The monoisotopic (exact) mass is 336 g/mol. The molecule has 126 valence electrons. The largest absolute Gasteiger partial charge is 0.392 e. The molecule has 3 heterocycles. The predicted molar refractivity (Wildman–Crippen MR) is 89.6 cm³/mol. The Balaban J connectivity index is 1.54. The number of aliphatic hydroxyl groups excluding tert-OH is 1. The second kappa shape index (κ2) is 7.59. The molecule has 1 unspecified atom stereocenters. The third-order valence-corrected chi connectivity index (χ3v) is 5.33. The number of piperidine rings is 2. The van der Waals surface area contributed by atoms with Crippen molar-refractivity contribution < 1.29 is 9.90 Å². The van der Waals surface area contributed by atoms with Crippen LogP contribution in [0.3, 0.4) is 0 Å². The Morgan fingerprint density at radius 1 is 1.22 bits per heavy atom. The van der Waals surface area contributed by atoms with Gasteiger partial charge in [0.05, 0.1) is 11.7 Å². The molecule has 2 aliphatic heterocycles. The van der Waals surface area contributed by atoms with E-state index in [1.807, 2.05) is 11.2 Å². The summed E-state index contributed by atoms with van der Waals surface area (Å²) in [5.74, 6) is 0.0229. The van der Waals surface area contributed by atoms with Crippen LogP contribution >= 0.6 is 11.8 Å². The lowest BCUT2D eigenvalue weighted by molar-refractivity contribution is 0.0240. The number of hydrogen-bond donors (Lipinski definition) is 1. The zero-order valence-corrected chi connectivity index (χ0v) is 14.3. The molecule has 2 saturated heterocycles. The summed E-state index contributed by atoms with van der Waals surface area (Å²) < 4.78 is 0. The van der Waals surface area contributed by atoms with Crippen molar-refractivity contribution in [3.05, 3.63) is 18.0 Å². The van der Waals surface area contributed by atoms with E-state index in [9.17, 15) is 9.90 Å². The predicted octanol–water partition coefficient (Wildman–Crippen LogP) is 1.26. The lowest BCUT2D eigenvalue weighted by Crippen LogP contribution is -2.50. The van der Waals surface area contributed by atoms with Crippen molar-refractivity contribution >= 4 is 17.7 Å². The highest BCUT2D eigenvalue weighted by Crippen LogP contribution is 2.22. The van der Waals surface area contributed by atoms with Crippen molar-refractivity contribution in [2.75, 3.05) is 32.4 Å². The number of aromatic nitrogens is 2. The molecule has 1 amide bonds. The standard InChI is InChI=1S/C16H24N4O2S/c1-23-16-17-9-12(10-18-16)15(22)19-7-4-13(5-8-19)20-6-2-3-14(21)11-20/h9-10,13-14,21H,2-8,11H2,1H3. The molecule has 3 rings (SSSR count). The molecule has 2 aliphatic rings. The smallest absolute Gasteiger partial charge is 0.256 e. The van der Waals surface area contributed by atoms with Crippen molar-refractivity contribution in [2.45, 2.75) is 43.0 Å². The summed E-state index contributed by atoms with van der Waals surface area (Å²) in [6, 6.07) is 0.490. The zero-order valence-electron chi connectivity index (χ0n) is 13.5. The highest BCUT2D eigenvalue weighted by molar-refractivity contribution is 7.98. The van der Waals surface area contributed by atoms with Crippen LogP contribution in [0.1, 0.15) is 36.0 Å². The van der Waals surface area contributed by atoms with Crippen LogP contribution in [0.15, 0.2) is 17.6 Å². The van der Waals surface area contributed by atoms with Gasteiger partial charge in [-0.2, -0.15) is 0 Å². The number of rotatable bonds is 3. The first-order chi connectivity index (χ1) is 11.2. The molecular formula is C16H24N4O2S. The highest BCUT2D eigenvalue weighted by atomic mass is 32.2. The van der Waals surface area contributed by atoms with Crippen LogP contribution in [0.5, 0.6) is 0 Å². The van der Waals surface area contributed by atoms with Gasteiger partial charge in [-0.05, 0) is 38.5 Å². The molecule has 23 heavy (non-hydrogen) atoms. The number of amides is 1. The van der Waals surface area contributed by atoms with Gasteiger partial charge in [0.25, 0.3) is 5.91 Å². The zero-order chi connectivity index (χ0) is 16.2. The van der Waals surface area contributed by atoms with Crippen molar-refractivity contribution in [1.29, 1.82) is 0 Å². The van der Waals surface area contributed by atoms with Gasteiger partial charge in [0.15, 0.2) is 5.16 Å². The van der Waals surface area contributed by atoms with Crippen LogP contribution in [0, 0.1) is 0 Å².